The summed E-state index contributed by atoms with van der Waals surface area (Å²) in [5.74, 6) is 0.940. The zero-order chi connectivity index (χ0) is 14.7. The van der Waals surface area contributed by atoms with Crippen LogP contribution in [0.2, 0.25) is 0 Å². The Morgan fingerprint density at radius 3 is 2.95 bits per heavy atom. The smallest absolute Gasteiger partial charge is 0.341 e. The first kappa shape index (κ1) is 14.4. The largest absolute Gasteiger partial charge is 0.468 e. The summed E-state index contributed by atoms with van der Waals surface area (Å²) >= 11 is 1.40. The van der Waals surface area contributed by atoms with Gasteiger partial charge in [-0.2, -0.15) is 0 Å². The van der Waals surface area contributed by atoms with Crippen molar-refractivity contribution in [3.8, 4) is 0 Å². The van der Waals surface area contributed by atoms with Gasteiger partial charge in [0, 0.05) is 6.04 Å². The molecule has 2 aromatic heterocycles. The Hall–Kier alpha value is -1.96. The van der Waals surface area contributed by atoms with E-state index in [0.29, 0.717) is 28.2 Å². The molecule has 0 aliphatic carbocycles. The number of esters is 1. The van der Waals surface area contributed by atoms with Crippen molar-refractivity contribution in [3.63, 3.8) is 0 Å². The van der Waals surface area contributed by atoms with Crippen LogP contribution in [-0.2, 0) is 10.5 Å². The van der Waals surface area contributed by atoms with E-state index in [4.69, 9.17) is 14.9 Å². The fourth-order valence-corrected chi connectivity index (χ4v) is 2.77. The number of carbonyl (C=O) groups is 1. The van der Waals surface area contributed by atoms with E-state index in [1.807, 2.05) is 18.4 Å². The van der Waals surface area contributed by atoms with Gasteiger partial charge in [0.15, 0.2) is 5.16 Å². The van der Waals surface area contributed by atoms with E-state index in [2.05, 4.69) is 10.2 Å². The predicted molar refractivity (Wildman–Crippen MR) is 74.4 cm³/mol. The van der Waals surface area contributed by atoms with Crippen LogP contribution in [0.1, 0.15) is 36.0 Å². The Morgan fingerprint density at radius 2 is 2.30 bits per heavy atom. The van der Waals surface area contributed by atoms with Crippen molar-refractivity contribution in [3.05, 3.63) is 23.7 Å². The van der Waals surface area contributed by atoms with Gasteiger partial charge in [0.25, 0.3) is 0 Å². The number of hydrogen-bond acceptors (Lipinski definition) is 7. The van der Waals surface area contributed by atoms with Crippen molar-refractivity contribution in [2.75, 3.05) is 12.8 Å². The van der Waals surface area contributed by atoms with Gasteiger partial charge in [0.2, 0.25) is 5.95 Å². The number of hydrogen-bond donors (Lipinski definition) is 1. The first-order valence-corrected chi connectivity index (χ1v) is 7.01. The molecule has 0 radical (unpaired) electrons. The number of anilines is 1. The zero-order valence-corrected chi connectivity index (χ0v) is 12.3. The van der Waals surface area contributed by atoms with Gasteiger partial charge in [0.1, 0.15) is 11.3 Å². The molecular formula is C12H16N4O3S. The highest BCUT2D eigenvalue weighted by Gasteiger charge is 2.18. The molecule has 2 N–H and O–H groups in total. The number of methoxy groups -OCH3 is 1. The van der Waals surface area contributed by atoms with Crippen molar-refractivity contribution < 1.29 is 13.9 Å². The van der Waals surface area contributed by atoms with Gasteiger partial charge in [-0.05, 0) is 19.9 Å². The molecular weight excluding hydrogens is 280 g/mol. The van der Waals surface area contributed by atoms with Crippen LogP contribution in [0.3, 0.4) is 0 Å². The van der Waals surface area contributed by atoms with E-state index in [1.165, 1.54) is 25.1 Å². The first-order chi connectivity index (χ1) is 9.54. The molecule has 2 aromatic rings. The summed E-state index contributed by atoms with van der Waals surface area (Å²) in [6.45, 7) is 3.99. The third-order valence-corrected chi connectivity index (χ3v) is 3.63. The Balaban J connectivity index is 2.14. The van der Waals surface area contributed by atoms with Crippen LogP contribution in [0.15, 0.2) is 21.9 Å². The second-order valence-electron chi connectivity index (χ2n) is 4.34. The third-order valence-electron chi connectivity index (χ3n) is 2.69. The van der Waals surface area contributed by atoms with Crippen LogP contribution in [0.4, 0.5) is 5.95 Å². The number of carbonyl (C=O) groups excluding carboxylic acids is 1. The first-order valence-electron chi connectivity index (χ1n) is 6.02. The average molecular weight is 296 g/mol. The predicted octanol–water partition coefficient (Wildman–Crippen LogP) is 2.11. The Kier molecular flexibility index (Phi) is 4.33. The minimum absolute atomic E-state index is 0.157. The topological polar surface area (TPSA) is 96.2 Å². The van der Waals surface area contributed by atoms with Crippen molar-refractivity contribution in [1.82, 2.24) is 14.8 Å². The highest BCUT2D eigenvalue weighted by atomic mass is 32.2. The van der Waals surface area contributed by atoms with E-state index in [-0.39, 0.29) is 6.04 Å². The molecule has 0 bridgehead atoms. The molecule has 0 aromatic carbocycles. The van der Waals surface area contributed by atoms with Crippen LogP contribution < -0.4 is 5.73 Å². The Labute approximate surface area is 120 Å². The lowest BCUT2D eigenvalue weighted by Crippen LogP contribution is -2.07. The molecule has 20 heavy (non-hydrogen) atoms. The van der Waals surface area contributed by atoms with E-state index in [1.54, 1.807) is 6.07 Å². The molecule has 2 rings (SSSR count). The van der Waals surface area contributed by atoms with E-state index < -0.39 is 5.97 Å². The lowest BCUT2D eigenvalue weighted by Gasteiger charge is -2.10. The molecule has 0 spiro atoms. The number of ether oxygens (including phenoxy) is 1. The van der Waals surface area contributed by atoms with Crippen LogP contribution in [0.5, 0.6) is 0 Å². The lowest BCUT2D eigenvalue weighted by atomic mass is 10.3. The monoisotopic (exact) mass is 296 g/mol. The molecule has 108 valence electrons. The molecule has 0 unspecified atom stereocenters. The molecule has 0 aliphatic rings. The minimum atomic E-state index is -0.417. The summed E-state index contributed by atoms with van der Waals surface area (Å²) in [5.41, 5.74) is 6.19. The van der Waals surface area contributed by atoms with Crippen molar-refractivity contribution >= 4 is 23.7 Å². The van der Waals surface area contributed by atoms with Gasteiger partial charge in [-0.15, -0.1) is 10.2 Å². The van der Waals surface area contributed by atoms with Crippen molar-refractivity contribution in [2.45, 2.75) is 30.8 Å². The summed E-state index contributed by atoms with van der Waals surface area (Å²) < 4.78 is 11.8. The summed E-state index contributed by atoms with van der Waals surface area (Å²) in [6, 6.07) is 1.74. The molecule has 0 atom stereocenters. The fourth-order valence-electron chi connectivity index (χ4n) is 1.75. The van der Waals surface area contributed by atoms with Gasteiger partial charge in [0.05, 0.1) is 19.1 Å². The molecule has 8 heteroatoms. The van der Waals surface area contributed by atoms with E-state index in [0.717, 1.165) is 0 Å². The van der Waals surface area contributed by atoms with Crippen molar-refractivity contribution in [2.24, 2.45) is 0 Å². The maximum Gasteiger partial charge on any atom is 0.341 e. The lowest BCUT2D eigenvalue weighted by molar-refractivity contribution is 0.0598. The van der Waals surface area contributed by atoms with Gasteiger partial charge in [-0.25, -0.2) is 4.79 Å². The molecule has 0 aliphatic heterocycles. The summed E-state index contributed by atoms with van der Waals surface area (Å²) in [7, 11) is 1.34. The van der Waals surface area contributed by atoms with Crippen LogP contribution in [0, 0.1) is 0 Å². The van der Waals surface area contributed by atoms with Gasteiger partial charge in [-0.1, -0.05) is 11.8 Å². The number of furan rings is 1. The molecule has 0 fully saturated rings. The number of thioether (sulfide) groups is 1. The molecule has 7 nitrogen and oxygen atoms in total. The fraction of sp³-hybridized carbons (Fsp3) is 0.417. The normalized spacial score (nSPS) is 11.0. The number of aromatic nitrogens is 3. The second-order valence-corrected chi connectivity index (χ2v) is 5.28. The summed E-state index contributed by atoms with van der Waals surface area (Å²) in [5, 5.41) is 8.57. The number of nitrogen functional groups attached to an aromatic ring is 1. The van der Waals surface area contributed by atoms with Crippen LogP contribution in [0.25, 0.3) is 0 Å². The molecule has 0 amide bonds. The third kappa shape index (κ3) is 2.79. The van der Waals surface area contributed by atoms with Crippen LogP contribution in [-0.4, -0.2) is 27.8 Å². The average Bonchev–Trinajstić information content (AvgIpc) is 3.01. The van der Waals surface area contributed by atoms with Gasteiger partial charge in [-0.3, -0.25) is 4.57 Å². The highest BCUT2D eigenvalue weighted by Crippen LogP contribution is 2.27. The van der Waals surface area contributed by atoms with Crippen LogP contribution >= 0.6 is 11.8 Å². The minimum Gasteiger partial charge on any atom is -0.468 e. The number of nitrogens with zero attached hydrogens (tertiary/aromatic N) is 3. The van der Waals surface area contributed by atoms with Gasteiger partial charge < -0.3 is 14.9 Å². The quantitative estimate of drug-likeness (QED) is 0.666. The van der Waals surface area contributed by atoms with Crippen molar-refractivity contribution in [1.29, 1.82) is 0 Å². The molecule has 0 saturated heterocycles. The maximum atomic E-state index is 11.5. The Bertz CT molecular complexity index is 606. The maximum absolute atomic E-state index is 11.5. The van der Waals surface area contributed by atoms with E-state index in [9.17, 15) is 4.79 Å². The zero-order valence-electron chi connectivity index (χ0n) is 11.5. The van der Waals surface area contributed by atoms with Gasteiger partial charge >= 0.3 is 5.97 Å². The SMILES string of the molecule is COC(=O)c1ccoc1CSc1nnc(N)n1C(C)C. The number of rotatable bonds is 5. The number of nitrogens with two attached hydrogens (primary N) is 1. The second kappa shape index (κ2) is 6.00. The summed E-state index contributed by atoms with van der Waals surface area (Å²) in [6.07, 6.45) is 1.46. The molecule has 0 saturated carbocycles. The Morgan fingerprint density at radius 1 is 1.55 bits per heavy atom. The standard InChI is InChI=1S/C12H16N4O3S/c1-7(2)16-11(13)14-15-12(16)20-6-9-8(4-5-19-9)10(17)18-3/h4-5,7H,6H2,1-3H3,(H2,13,14). The molecule has 2 heterocycles. The highest BCUT2D eigenvalue weighted by molar-refractivity contribution is 7.98. The van der Waals surface area contributed by atoms with E-state index >= 15 is 0 Å². The summed E-state index contributed by atoms with van der Waals surface area (Å²) in [4.78, 5) is 11.5.